The molecule has 0 radical (unpaired) electrons. The van der Waals surface area contributed by atoms with Crippen molar-refractivity contribution in [2.45, 2.75) is 0 Å². The Balaban J connectivity index is -0.000000213. The van der Waals surface area contributed by atoms with Gasteiger partial charge in [0, 0.05) is 26.2 Å². The molecule has 1 heterocycles. The van der Waals surface area contributed by atoms with E-state index in [4.69, 9.17) is 11.8 Å². The van der Waals surface area contributed by atoms with Crippen molar-refractivity contribution in [3.8, 4) is 0 Å². The van der Waals surface area contributed by atoms with Crippen LogP contribution >= 0.6 is 11.8 Å². The zero-order valence-corrected chi connectivity index (χ0v) is 7.98. The second kappa shape index (κ2) is 4.74. The molecule has 0 amide bonds. The number of likely N-dealkylation sites (N-methyl/N-ethyl adjacent to an activating group) is 1. The van der Waals surface area contributed by atoms with Gasteiger partial charge in [-0.2, -0.15) is 0 Å². The molecule has 0 aliphatic carbocycles. The van der Waals surface area contributed by atoms with Crippen molar-refractivity contribution in [1.29, 1.82) is 0 Å². The van der Waals surface area contributed by atoms with Gasteiger partial charge in [0.2, 0.25) is 0 Å². The van der Waals surface area contributed by atoms with Gasteiger partial charge in [-0.3, -0.25) is 0 Å². The van der Waals surface area contributed by atoms with Gasteiger partial charge in [0.1, 0.15) is 0 Å². The summed E-state index contributed by atoms with van der Waals surface area (Å²) in [4.78, 5) is 2.28. The Morgan fingerprint density at radius 2 is 1.67 bits per heavy atom. The smallest absolute Gasteiger partial charge is 1.00 e. The van der Waals surface area contributed by atoms with Crippen LogP contribution < -0.4 is 0 Å². The van der Waals surface area contributed by atoms with Gasteiger partial charge < -0.3 is 7.75 Å². The van der Waals surface area contributed by atoms with Gasteiger partial charge in [0.25, 0.3) is 0 Å². The first-order chi connectivity index (χ1) is 3.79. The maximum Gasteiger partial charge on any atom is 2.00 e. The SMILES string of the molecule is CN1CCN(Cl)CC1.[H-].[H-].[Mg+2]. The molecule has 0 aromatic rings. The molecule has 1 saturated heterocycles. The van der Waals surface area contributed by atoms with Gasteiger partial charge in [0.15, 0.2) is 0 Å². The van der Waals surface area contributed by atoms with Crippen molar-refractivity contribution in [3.05, 3.63) is 0 Å². The Morgan fingerprint density at radius 1 is 1.22 bits per heavy atom. The van der Waals surface area contributed by atoms with E-state index in [2.05, 4.69) is 11.9 Å². The average molecular weight is 161 g/mol. The summed E-state index contributed by atoms with van der Waals surface area (Å²) < 4.78 is 1.83. The van der Waals surface area contributed by atoms with Crippen LogP contribution in [0.3, 0.4) is 0 Å². The summed E-state index contributed by atoms with van der Waals surface area (Å²) in [5.41, 5.74) is 0. The Labute approximate surface area is 80.4 Å². The van der Waals surface area contributed by atoms with Crippen LogP contribution in [0.2, 0.25) is 0 Å². The Kier molecular flexibility index (Phi) is 5.25. The molecular weight excluding hydrogens is 148 g/mol. The van der Waals surface area contributed by atoms with Crippen LogP contribution in [0.25, 0.3) is 0 Å². The van der Waals surface area contributed by atoms with Crippen molar-refractivity contribution < 1.29 is 2.85 Å². The molecule has 0 bridgehead atoms. The monoisotopic (exact) mass is 160 g/mol. The zero-order chi connectivity index (χ0) is 5.98. The summed E-state index contributed by atoms with van der Waals surface area (Å²) in [6.45, 7) is 4.20. The van der Waals surface area contributed by atoms with Crippen molar-refractivity contribution in [2.75, 3.05) is 33.2 Å². The van der Waals surface area contributed by atoms with E-state index < -0.39 is 0 Å². The Hall–Kier alpha value is 0.976. The van der Waals surface area contributed by atoms with Crippen LogP contribution in [0.4, 0.5) is 0 Å². The first-order valence-corrected chi connectivity index (χ1v) is 3.22. The molecule has 1 aliphatic rings. The van der Waals surface area contributed by atoms with Crippen molar-refractivity contribution in [3.63, 3.8) is 0 Å². The van der Waals surface area contributed by atoms with Gasteiger partial charge in [-0.1, -0.05) is 0 Å². The van der Waals surface area contributed by atoms with Crippen LogP contribution in [-0.4, -0.2) is 65.6 Å². The molecule has 52 valence electrons. The molecule has 2 nitrogen and oxygen atoms in total. The Morgan fingerprint density at radius 3 is 2.00 bits per heavy atom. The molecule has 0 aromatic carbocycles. The predicted octanol–water partition coefficient (Wildman–Crippen LogP) is 0.232. The predicted molar refractivity (Wildman–Crippen MR) is 42.9 cm³/mol. The van der Waals surface area contributed by atoms with Crippen LogP contribution in [0.1, 0.15) is 2.85 Å². The number of hydrogen-bond donors (Lipinski definition) is 0. The molecule has 0 saturated carbocycles. The summed E-state index contributed by atoms with van der Waals surface area (Å²) in [5.74, 6) is 0. The largest absolute Gasteiger partial charge is 2.00 e. The van der Waals surface area contributed by atoms with E-state index in [1.54, 1.807) is 0 Å². The minimum absolute atomic E-state index is 0. The molecule has 0 aromatic heterocycles. The van der Waals surface area contributed by atoms with E-state index in [0.717, 1.165) is 26.2 Å². The molecule has 0 atom stereocenters. The fourth-order valence-electron chi connectivity index (χ4n) is 0.782. The third kappa shape index (κ3) is 3.63. The third-order valence-electron chi connectivity index (χ3n) is 1.45. The van der Waals surface area contributed by atoms with E-state index in [1.165, 1.54) is 0 Å². The molecule has 9 heavy (non-hydrogen) atoms. The number of nitrogens with zero attached hydrogens (tertiary/aromatic N) is 2. The minimum atomic E-state index is 0. The molecule has 1 fully saturated rings. The molecule has 1 aliphatic heterocycles. The number of hydrogen-bond acceptors (Lipinski definition) is 2. The average Bonchev–Trinajstić information content (AvgIpc) is 1.77. The summed E-state index contributed by atoms with van der Waals surface area (Å²) in [6.07, 6.45) is 0. The van der Waals surface area contributed by atoms with Crippen LogP contribution in [-0.2, 0) is 0 Å². The topological polar surface area (TPSA) is 6.48 Å². The molecular formula is C5H13ClMgN2. The molecule has 0 unspecified atom stereocenters. The van der Waals surface area contributed by atoms with Crippen molar-refractivity contribution >= 4 is 34.8 Å². The fraction of sp³-hybridized carbons (Fsp3) is 1.00. The summed E-state index contributed by atoms with van der Waals surface area (Å²) in [5, 5.41) is 0. The van der Waals surface area contributed by atoms with Gasteiger partial charge in [-0.15, -0.1) is 0 Å². The normalized spacial score (nSPS) is 23.3. The van der Waals surface area contributed by atoms with E-state index >= 15 is 0 Å². The maximum atomic E-state index is 5.69. The number of halogens is 1. The van der Waals surface area contributed by atoms with Crippen LogP contribution in [0.15, 0.2) is 0 Å². The first-order valence-electron chi connectivity index (χ1n) is 2.88. The maximum absolute atomic E-state index is 5.69. The van der Waals surface area contributed by atoms with Gasteiger partial charge in [-0.25, -0.2) is 4.42 Å². The minimum Gasteiger partial charge on any atom is -1.00 e. The fourth-order valence-corrected chi connectivity index (χ4v) is 0.933. The number of piperazine rings is 1. The summed E-state index contributed by atoms with van der Waals surface area (Å²) in [6, 6.07) is 0. The molecule has 0 N–H and O–H groups in total. The second-order valence-corrected chi connectivity index (χ2v) is 2.69. The second-order valence-electron chi connectivity index (χ2n) is 2.21. The zero-order valence-electron chi connectivity index (χ0n) is 7.81. The standard InChI is InChI=1S/C5H11ClN2.Mg.2H/c1-7-2-4-8(6)5-3-7;;;/h2-5H2,1H3;;;/q;+2;2*-1. The quantitative estimate of drug-likeness (QED) is 0.370. The molecule has 0 spiro atoms. The van der Waals surface area contributed by atoms with Crippen molar-refractivity contribution in [2.24, 2.45) is 0 Å². The van der Waals surface area contributed by atoms with Crippen molar-refractivity contribution in [1.82, 2.24) is 9.32 Å². The summed E-state index contributed by atoms with van der Waals surface area (Å²) in [7, 11) is 2.11. The van der Waals surface area contributed by atoms with Gasteiger partial charge in [-0.05, 0) is 18.8 Å². The number of rotatable bonds is 0. The Bertz CT molecular complexity index is 70.9. The molecule has 1 rings (SSSR count). The van der Waals surface area contributed by atoms with Crippen LogP contribution in [0, 0.1) is 0 Å². The van der Waals surface area contributed by atoms with Gasteiger partial charge in [0.05, 0.1) is 0 Å². The first kappa shape index (κ1) is 9.98. The van der Waals surface area contributed by atoms with Crippen LogP contribution in [0.5, 0.6) is 0 Å². The van der Waals surface area contributed by atoms with E-state index in [-0.39, 0.29) is 25.9 Å². The molecule has 4 heteroatoms. The van der Waals surface area contributed by atoms with Gasteiger partial charge >= 0.3 is 23.1 Å². The van der Waals surface area contributed by atoms with E-state index in [9.17, 15) is 0 Å². The van der Waals surface area contributed by atoms with E-state index in [1.807, 2.05) is 4.42 Å². The summed E-state index contributed by atoms with van der Waals surface area (Å²) >= 11 is 5.69. The van der Waals surface area contributed by atoms with E-state index in [0.29, 0.717) is 0 Å². The third-order valence-corrected chi connectivity index (χ3v) is 1.79.